The third kappa shape index (κ3) is 1.83. The van der Waals surface area contributed by atoms with Crippen molar-refractivity contribution in [1.82, 2.24) is 0 Å². The van der Waals surface area contributed by atoms with E-state index in [2.05, 4.69) is 5.16 Å². The van der Waals surface area contributed by atoms with Crippen LogP contribution in [0.2, 0.25) is 0 Å². The molecule has 0 aliphatic carbocycles. The lowest BCUT2D eigenvalue weighted by Gasteiger charge is -1.97. The summed E-state index contributed by atoms with van der Waals surface area (Å²) >= 11 is 0. The number of oxime groups is 1. The molecule has 0 saturated heterocycles. The summed E-state index contributed by atoms with van der Waals surface area (Å²) in [5.41, 5.74) is 1.18. The molecule has 6 nitrogen and oxygen atoms in total. The minimum absolute atomic E-state index is 0.000563. The molecule has 1 atom stereocenters. The fourth-order valence-electron chi connectivity index (χ4n) is 1.42. The monoisotopic (exact) mass is 217 g/mol. The zero-order valence-corrected chi connectivity index (χ0v) is 8.16. The molecule has 6 heteroatoms. The van der Waals surface area contributed by atoms with Gasteiger partial charge in [-0.05, 0) is 0 Å². The first-order valence-corrected chi connectivity index (χ1v) is 4.58. The topological polar surface area (TPSA) is 88.5 Å². The maximum absolute atomic E-state index is 10.6. The second-order valence-electron chi connectivity index (χ2n) is 3.27. The molecular formula is C10H7N3O3. The molecule has 1 aromatic rings. The Balaban J connectivity index is 2.26. The molecule has 2 rings (SSSR count). The lowest BCUT2D eigenvalue weighted by atomic mass is 10.1. The molecule has 0 amide bonds. The number of nitro groups is 1. The SMILES string of the molecule is N#C[C@@H]1CC(c2cccc([N+](=O)[O-])c2)=NO1. The lowest BCUT2D eigenvalue weighted by molar-refractivity contribution is -0.384. The van der Waals surface area contributed by atoms with E-state index in [1.165, 1.54) is 12.1 Å². The lowest BCUT2D eigenvalue weighted by Crippen LogP contribution is -2.05. The number of hydrogen-bond acceptors (Lipinski definition) is 5. The number of nitrogens with zero attached hydrogens (tertiary/aromatic N) is 3. The quantitative estimate of drug-likeness (QED) is 0.556. The van der Waals surface area contributed by atoms with Crippen LogP contribution in [0.3, 0.4) is 0 Å². The molecule has 0 N–H and O–H groups in total. The van der Waals surface area contributed by atoms with Crippen molar-refractivity contribution in [3.8, 4) is 6.07 Å². The number of hydrogen-bond donors (Lipinski definition) is 0. The molecule has 1 aromatic carbocycles. The van der Waals surface area contributed by atoms with Gasteiger partial charge in [-0.2, -0.15) is 5.26 Å². The van der Waals surface area contributed by atoms with E-state index in [1.54, 1.807) is 12.1 Å². The maximum Gasteiger partial charge on any atom is 0.270 e. The Bertz CT molecular complexity index is 504. The van der Waals surface area contributed by atoms with Gasteiger partial charge >= 0.3 is 0 Å². The van der Waals surface area contributed by atoms with Gasteiger partial charge in [0.1, 0.15) is 6.07 Å². The van der Waals surface area contributed by atoms with E-state index >= 15 is 0 Å². The fourth-order valence-corrected chi connectivity index (χ4v) is 1.42. The van der Waals surface area contributed by atoms with Gasteiger partial charge in [0.05, 0.1) is 10.6 Å². The van der Waals surface area contributed by atoms with Crippen LogP contribution in [0, 0.1) is 21.4 Å². The highest BCUT2D eigenvalue weighted by molar-refractivity contribution is 6.01. The number of benzene rings is 1. The number of nitro benzene ring substituents is 1. The van der Waals surface area contributed by atoms with Gasteiger partial charge < -0.3 is 4.84 Å². The second-order valence-corrected chi connectivity index (χ2v) is 3.27. The average molecular weight is 217 g/mol. The van der Waals surface area contributed by atoms with Gasteiger partial charge in [-0.25, -0.2) is 0 Å². The van der Waals surface area contributed by atoms with Gasteiger partial charge in [0.25, 0.3) is 5.69 Å². The minimum atomic E-state index is -0.589. The van der Waals surface area contributed by atoms with Crippen molar-refractivity contribution < 1.29 is 9.76 Å². The molecule has 0 radical (unpaired) electrons. The normalized spacial score (nSPS) is 18.4. The molecule has 0 spiro atoms. The van der Waals surface area contributed by atoms with Crippen LogP contribution in [-0.2, 0) is 4.84 Å². The number of rotatable bonds is 2. The van der Waals surface area contributed by atoms with E-state index in [9.17, 15) is 10.1 Å². The Morgan fingerprint density at radius 1 is 1.62 bits per heavy atom. The van der Waals surface area contributed by atoms with Crippen LogP contribution in [0.4, 0.5) is 5.69 Å². The van der Waals surface area contributed by atoms with Crippen LogP contribution < -0.4 is 0 Å². The summed E-state index contributed by atoms with van der Waals surface area (Å²) in [7, 11) is 0. The van der Waals surface area contributed by atoms with Gasteiger partial charge in [0.2, 0.25) is 6.10 Å². The predicted molar refractivity (Wildman–Crippen MR) is 54.7 cm³/mol. The molecule has 0 aromatic heterocycles. The first-order chi connectivity index (χ1) is 7.70. The highest BCUT2D eigenvalue weighted by Crippen LogP contribution is 2.19. The van der Waals surface area contributed by atoms with Crippen molar-refractivity contribution in [3.05, 3.63) is 39.9 Å². The smallest absolute Gasteiger partial charge is 0.270 e. The van der Waals surface area contributed by atoms with Crippen molar-refractivity contribution in [2.75, 3.05) is 0 Å². The molecule has 0 fully saturated rings. The van der Waals surface area contributed by atoms with Gasteiger partial charge in [0, 0.05) is 24.1 Å². The molecular weight excluding hydrogens is 210 g/mol. The molecule has 16 heavy (non-hydrogen) atoms. The highest BCUT2D eigenvalue weighted by atomic mass is 16.6. The van der Waals surface area contributed by atoms with Gasteiger partial charge in [-0.15, -0.1) is 0 Å². The Hall–Kier alpha value is -2.42. The summed E-state index contributed by atoms with van der Waals surface area (Å²) in [6.07, 6.45) is -0.230. The standard InChI is InChI=1S/C10H7N3O3/c11-6-9-5-10(12-16-9)7-2-1-3-8(4-7)13(14)15/h1-4,9H,5H2/t9-/m0/s1. The largest absolute Gasteiger partial charge is 0.376 e. The van der Waals surface area contributed by atoms with Gasteiger partial charge in [-0.3, -0.25) is 10.1 Å². The maximum atomic E-state index is 10.6. The van der Waals surface area contributed by atoms with E-state index in [1.807, 2.05) is 6.07 Å². The van der Waals surface area contributed by atoms with E-state index in [0.29, 0.717) is 17.7 Å². The van der Waals surface area contributed by atoms with Crippen molar-refractivity contribution in [3.63, 3.8) is 0 Å². The van der Waals surface area contributed by atoms with Gasteiger partial charge in [-0.1, -0.05) is 17.3 Å². The fraction of sp³-hybridized carbons (Fsp3) is 0.200. The third-order valence-corrected chi connectivity index (χ3v) is 2.20. The summed E-state index contributed by atoms with van der Waals surface area (Å²) in [5.74, 6) is 0. The summed E-state index contributed by atoms with van der Waals surface area (Å²) in [4.78, 5) is 14.9. The van der Waals surface area contributed by atoms with Crippen molar-refractivity contribution in [2.24, 2.45) is 5.16 Å². The highest BCUT2D eigenvalue weighted by Gasteiger charge is 2.22. The average Bonchev–Trinajstić information content (AvgIpc) is 2.77. The van der Waals surface area contributed by atoms with Crippen LogP contribution in [-0.4, -0.2) is 16.7 Å². The Morgan fingerprint density at radius 2 is 2.44 bits per heavy atom. The zero-order valence-electron chi connectivity index (χ0n) is 8.16. The Morgan fingerprint density at radius 3 is 3.06 bits per heavy atom. The van der Waals surface area contributed by atoms with E-state index < -0.39 is 11.0 Å². The number of nitriles is 1. The summed E-state index contributed by atoms with van der Waals surface area (Å²) in [6, 6.07) is 8.04. The van der Waals surface area contributed by atoms with Gasteiger partial charge in [0.15, 0.2) is 0 Å². The minimum Gasteiger partial charge on any atom is -0.376 e. The van der Waals surface area contributed by atoms with Crippen LogP contribution in [0.15, 0.2) is 29.4 Å². The van der Waals surface area contributed by atoms with Crippen molar-refractivity contribution in [2.45, 2.75) is 12.5 Å². The van der Waals surface area contributed by atoms with Crippen LogP contribution >= 0.6 is 0 Å². The molecule has 1 aliphatic rings. The molecule has 0 bridgehead atoms. The van der Waals surface area contributed by atoms with E-state index in [0.717, 1.165) is 0 Å². The molecule has 1 heterocycles. The van der Waals surface area contributed by atoms with Crippen LogP contribution in [0.5, 0.6) is 0 Å². The first kappa shape index (κ1) is 10.1. The summed E-state index contributed by atoms with van der Waals surface area (Å²) in [6.45, 7) is 0. The Labute approximate surface area is 90.9 Å². The second kappa shape index (κ2) is 3.98. The first-order valence-electron chi connectivity index (χ1n) is 4.58. The van der Waals surface area contributed by atoms with E-state index in [4.69, 9.17) is 10.1 Å². The number of non-ortho nitro benzene ring substituents is 1. The summed E-state index contributed by atoms with van der Waals surface area (Å²) in [5, 5.41) is 22.9. The van der Waals surface area contributed by atoms with Crippen molar-refractivity contribution in [1.29, 1.82) is 5.26 Å². The van der Waals surface area contributed by atoms with Crippen LogP contribution in [0.1, 0.15) is 12.0 Å². The molecule has 1 aliphatic heterocycles. The van der Waals surface area contributed by atoms with Crippen LogP contribution in [0.25, 0.3) is 0 Å². The molecule has 80 valence electrons. The molecule has 0 unspecified atom stereocenters. The summed E-state index contributed by atoms with van der Waals surface area (Å²) < 4.78 is 0. The molecule has 0 saturated carbocycles. The Kier molecular flexibility index (Phi) is 2.52. The van der Waals surface area contributed by atoms with E-state index in [-0.39, 0.29) is 5.69 Å². The third-order valence-electron chi connectivity index (χ3n) is 2.20. The zero-order chi connectivity index (χ0) is 11.5. The predicted octanol–water partition coefficient (Wildman–Crippen LogP) is 1.61. The van der Waals surface area contributed by atoms with Crippen molar-refractivity contribution >= 4 is 11.4 Å².